The van der Waals surface area contributed by atoms with Crippen LogP contribution in [0.5, 0.6) is 5.75 Å². The number of anilines is 1. The number of amides is 2. The molecule has 0 saturated heterocycles. The Morgan fingerprint density at radius 1 is 0.968 bits per heavy atom. The third-order valence-corrected chi connectivity index (χ3v) is 5.52. The molecule has 1 aliphatic heterocycles. The van der Waals surface area contributed by atoms with Gasteiger partial charge in [0, 0.05) is 17.2 Å². The fourth-order valence-corrected chi connectivity index (χ4v) is 3.90. The van der Waals surface area contributed by atoms with Gasteiger partial charge in [0.15, 0.2) is 6.61 Å². The predicted molar refractivity (Wildman–Crippen MR) is 106 cm³/mol. The summed E-state index contributed by atoms with van der Waals surface area (Å²) in [5, 5.41) is -0.217. The Bertz CT molecular complexity index is 1130. The molecule has 160 valence electrons. The summed E-state index contributed by atoms with van der Waals surface area (Å²) in [6.45, 7) is -0.720. The average molecular weight is 450 g/mol. The number of carbonyl (C=O) groups excluding carboxylic acids is 3. The Morgan fingerprint density at radius 2 is 1.61 bits per heavy atom. The minimum Gasteiger partial charge on any atom is -0.484 e. The molecule has 31 heavy (non-hydrogen) atoms. The van der Waals surface area contributed by atoms with Crippen molar-refractivity contribution in [3.05, 3.63) is 69.5 Å². The van der Waals surface area contributed by atoms with E-state index in [1.54, 1.807) is 0 Å². The standard InChI is InChI=1S/C22H15ClF3NO4/c23-15-8-17(26)18(27-21(29)12-3-1-2-4-13(12)22(27)30)9-20(15)31-10-19(28)14-7-11(24)5-6-16(14)25/h5-9H,1-4,10H2. The molecule has 1 heterocycles. The number of benzene rings is 2. The topological polar surface area (TPSA) is 63.7 Å². The third kappa shape index (κ3) is 3.83. The normalized spacial score (nSPS) is 16.1. The molecule has 0 spiro atoms. The maximum Gasteiger partial charge on any atom is 0.261 e. The van der Waals surface area contributed by atoms with Crippen LogP contribution in [0, 0.1) is 17.5 Å². The van der Waals surface area contributed by atoms with Gasteiger partial charge < -0.3 is 4.74 Å². The van der Waals surface area contributed by atoms with Crippen LogP contribution in [0.25, 0.3) is 0 Å². The second-order valence-electron chi connectivity index (χ2n) is 7.18. The molecule has 0 radical (unpaired) electrons. The van der Waals surface area contributed by atoms with Crippen LogP contribution in [-0.2, 0) is 9.59 Å². The van der Waals surface area contributed by atoms with E-state index in [0.29, 0.717) is 24.0 Å². The van der Waals surface area contributed by atoms with E-state index in [1.807, 2.05) is 0 Å². The van der Waals surface area contributed by atoms with Gasteiger partial charge in [-0.05, 0) is 49.9 Å². The zero-order valence-corrected chi connectivity index (χ0v) is 16.8. The summed E-state index contributed by atoms with van der Waals surface area (Å²) < 4.78 is 47.0. The lowest BCUT2D eigenvalue weighted by Crippen LogP contribution is -2.32. The van der Waals surface area contributed by atoms with E-state index in [2.05, 4.69) is 0 Å². The fourth-order valence-electron chi connectivity index (χ4n) is 3.69. The number of hydrogen-bond acceptors (Lipinski definition) is 4. The highest BCUT2D eigenvalue weighted by molar-refractivity contribution is 6.34. The van der Waals surface area contributed by atoms with E-state index < -0.39 is 47.2 Å². The first kappa shape index (κ1) is 21.1. The number of ketones is 1. The van der Waals surface area contributed by atoms with Crippen LogP contribution in [0.15, 0.2) is 41.5 Å². The van der Waals surface area contributed by atoms with E-state index in [0.717, 1.165) is 48.1 Å². The molecular weight excluding hydrogens is 435 g/mol. The molecule has 0 N–H and O–H groups in total. The summed E-state index contributed by atoms with van der Waals surface area (Å²) >= 11 is 5.98. The first-order chi connectivity index (χ1) is 14.8. The molecule has 0 atom stereocenters. The second kappa shape index (κ2) is 8.19. The van der Waals surface area contributed by atoms with Crippen molar-refractivity contribution in [3.8, 4) is 5.75 Å². The van der Waals surface area contributed by atoms with E-state index in [1.165, 1.54) is 0 Å². The molecule has 5 nitrogen and oxygen atoms in total. The molecule has 2 aromatic carbocycles. The van der Waals surface area contributed by atoms with Crippen molar-refractivity contribution in [2.75, 3.05) is 11.5 Å². The SMILES string of the molecule is O=C(COc1cc(N2C(=O)C3=C(CCCC3)C2=O)c(F)cc1Cl)c1cc(F)ccc1F. The molecule has 2 aromatic rings. The van der Waals surface area contributed by atoms with Crippen molar-refractivity contribution >= 4 is 34.9 Å². The maximum atomic E-state index is 14.6. The van der Waals surface area contributed by atoms with Crippen molar-refractivity contribution < 1.29 is 32.3 Å². The maximum absolute atomic E-state index is 14.6. The number of rotatable bonds is 5. The van der Waals surface area contributed by atoms with Crippen LogP contribution < -0.4 is 9.64 Å². The highest BCUT2D eigenvalue weighted by Crippen LogP contribution is 2.39. The number of Topliss-reactive ketones (excluding diaryl/α,β-unsaturated/α-hetero) is 1. The zero-order valence-electron chi connectivity index (χ0n) is 16.0. The monoisotopic (exact) mass is 449 g/mol. The molecule has 4 rings (SSSR count). The molecule has 2 aliphatic rings. The lowest BCUT2D eigenvalue weighted by molar-refractivity contribution is -0.120. The Balaban J connectivity index is 1.59. The summed E-state index contributed by atoms with van der Waals surface area (Å²) in [6, 6.07) is 4.31. The highest BCUT2D eigenvalue weighted by atomic mass is 35.5. The van der Waals surface area contributed by atoms with Gasteiger partial charge in [0.05, 0.1) is 16.3 Å². The molecule has 0 bridgehead atoms. The number of halogens is 4. The quantitative estimate of drug-likeness (QED) is 0.487. The predicted octanol–water partition coefficient (Wildman–Crippen LogP) is 4.76. The molecule has 9 heteroatoms. The lowest BCUT2D eigenvalue weighted by Gasteiger charge is -2.18. The summed E-state index contributed by atoms with van der Waals surface area (Å²) in [7, 11) is 0. The molecule has 0 unspecified atom stereocenters. The highest BCUT2D eigenvalue weighted by Gasteiger charge is 2.41. The van der Waals surface area contributed by atoms with Gasteiger partial charge in [0.1, 0.15) is 23.2 Å². The minimum atomic E-state index is -0.925. The van der Waals surface area contributed by atoms with E-state index in [9.17, 15) is 27.6 Å². The fraction of sp³-hybridized carbons (Fsp3) is 0.227. The number of imide groups is 1. The van der Waals surface area contributed by atoms with Gasteiger partial charge in [-0.25, -0.2) is 18.1 Å². The van der Waals surface area contributed by atoms with Gasteiger partial charge in [-0.2, -0.15) is 0 Å². The first-order valence-corrected chi connectivity index (χ1v) is 9.86. The van der Waals surface area contributed by atoms with Crippen LogP contribution in [0.2, 0.25) is 5.02 Å². The van der Waals surface area contributed by atoms with Crippen LogP contribution in [0.1, 0.15) is 36.0 Å². The van der Waals surface area contributed by atoms with Gasteiger partial charge in [0.25, 0.3) is 11.8 Å². The number of nitrogens with zero attached hydrogens (tertiary/aromatic N) is 1. The van der Waals surface area contributed by atoms with Gasteiger partial charge in [-0.1, -0.05) is 11.6 Å². The Labute approximate surface area is 180 Å². The van der Waals surface area contributed by atoms with Gasteiger partial charge in [-0.3, -0.25) is 14.4 Å². The second-order valence-corrected chi connectivity index (χ2v) is 7.59. The Kier molecular flexibility index (Phi) is 5.58. The average Bonchev–Trinajstić information content (AvgIpc) is 3.00. The van der Waals surface area contributed by atoms with Gasteiger partial charge in [-0.15, -0.1) is 0 Å². The first-order valence-electron chi connectivity index (χ1n) is 9.49. The van der Waals surface area contributed by atoms with Crippen molar-refractivity contribution in [3.63, 3.8) is 0 Å². The minimum absolute atomic E-state index is 0.186. The summed E-state index contributed by atoms with van der Waals surface area (Å²) in [4.78, 5) is 38.3. The molecule has 0 saturated carbocycles. The van der Waals surface area contributed by atoms with E-state index in [-0.39, 0.29) is 16.5 Å². The number of ether oxygens (including phenoxy) is 1. The van der Waals surface area contributed by atoms with Crippen molar-refractivity contribution in [1.82, 2.24) is 0 Å². The van der Waals surface area contributed by atoms with Crippen LogP contribution in [0.3, 0.4) is 0 Å². The summed E-state index contributed by atoms with van der Waals surface area (Å²) in [5.41, 5.74) is -0.108. The largest absolute Gasteiger partial charge is 0.484 e. The van der Waals surface area contributed by atoms with Crippen molar-refractivity contribution in [2.24, 2.45) is 0 Å². The molecule has 0 aromatic heterocycles. The van der Waals surface area contributed by atoms with Crippen molar-refractivity contribution in [1.29, 1.82) is 0 Å². The third-order valence-electron chi connectivity index (χ3n) is 5.22. The summed E-state index contributed by atoms with van der Waals surface area (Å²) in [6.07, 6.45) is 2.43. The van der Waals surface area contributed by atoms with Crippen LogP contribution in [0.4, 0.5) is 18.9 Å². The van der Waals surface area contributed by atoms with Gasteiger partial charge in [0.2, 0.25) is 5.78 Å². The summed E-state index contributed by atoms with van der Waals surface area (Å²) in [5.74, 6) is -4.88. The lowest BCUT2D eigenvalue weighted by atomic mass is 9.93. The van der Waals surface area contributed by atoms with Crippen LogP contribution >= 0.6 is 11.6 Å². The molecule has 2 amide bonds. The molecular formula is C22H15ClF3NO4. The van der Waals surface area contributed by atoms with Crippen molar-refractivity contribution in [2.45, 2.75) is 25.7 Å². The smallest absolute Gasteiger partial charge is 0.261 e. The zero-order chi connectivity index (χ0) is 22.3. The Morgan fingerprint density at radius 3 is 2.26 bits per heavy atom. The number of carbonyl (C=O) groups is 3. The van der Waals surface area contributed by atoms with Crippen LogP contribution in [-0.4, -0.2) is 24.2 Å². The Hall–Kier alpha value is -3.13. The molecule has 1 aliphatic carbocycles. The van der Waals surface area contributed by atoms with E-state index in [4.69, 9.17) is 16.3 Å². The molecule has 0 fully saturated rings. The van der Waals surface area contributed by atoms with E-state index >= 15 is 0 Å². The number of hydrogen-bond donors (Lipinski definition) is 0. The van der Waals surface area contributed by atoms with Gasteiger partial charge >= 0.3 is 0 Å².